The first-order valence-electron chi connectivity index (χ1n) is 4.96. The van der Waals surface area contributed by atoms with Gasteiger partial charge in [0.1, 0.15) is 0 Å². The van der Waals surface area contributed by atoms with Crippen molar-refractivity contribution in [2.75, 3.05) is 34.2 Å². The van der Waals surface area contributed by atoms with Crippen molar-refractivity contribution in [1.82, 2.24) is 10.2 Å². The maximum absolute atomic E-state index is 3.21. The van der Waals surface area contributed by atoms with Gasteiger partial charge in [0.25, 0.3) is 0 Å². The number of nitrogens with zero attached hydrogens (tertiary/aromatic N) is 1. The van der Waals surface area contributed by atoms with E-state index in [9.17, 15) is 0 Å². The Morgan fingerprint density at radius 2 is 1.92 bits per heavy atom. The van der Waals surface area contributed by atoms with Gasteiger partial charge in [-0.3, -0.25) is 0 Å². The van der Waals surface area contributed by atoms with Gasteiger partial charge < -0.3 is 10.2 Å². The zero-order valence-corrected chi connectivity index (χ0v) is 9.06. The van der Waals surface area contributed by atoms with E-state index in [2.05, 4.69) is 31.2 Å². The van der Waals surface area contributed by atoms with E-state index >= 15 is 0 Å². The van der Waals surface area contributed by atoms with Crippen LogP contribution in [0.3, 0.4) is 0 Å². The number of unbranched alkanes of at least 4 members (excludes halogenated alkanes) is 1. The summed E-state index contributed by atoms with van der Waals surface area (Å²) in [4.78, 5) is 2.25. The van der Waals surface area contributed by atoms with Crippen molar-refractivity contribution >= 4 is 0 Å². The highest BCUT2D eigenvalue weighted by molar-refractivity contribution is 4.55. The highest BCUT2D eigenvalue weighted by Crippen LogP contribution is 2.06. The Labute approximate surface area is 77.3 Å². The molecule has 0 bridgehead atoms. The molecule has 0 aliphatic carbocycles. The second kappa shape index (κ2) is 7.56. The van der Waals surface area contributed by atoms with Crippen LogP contribution in [-0.4, -0.2) is 39.1 Å². The third-order valence-corrected chi connectivity index (χ3v) is 2.10. The van der Waals surface area contributed by atoms with Gasteiger partial charge in [0.2, 0.25) is 0 Å². The van der Waals surface area contributed by atoms with E-state index in [4.69, 9.17) is 0 Å². The van der Waals surface area contributed by atoms with E-state index in [0.717, 1.165) is 12.5 Å². The molecule has 1 unspecified atom stereocenters. The number of nitrogens with one attached hydrogen (secondary N) is 1. The molecular formula is C10H24N2. The van der Waals surface area contributed by atoms with E-state index in [0.29, 0.717) is 0 Å². The second-order valence-corrected chi connectivity index (χ2v) is 3.96. The van der Waals surface area contributed by atoms with Crippen LogP contribution in [0.4, 0.5) is 0 Å². The second-order valence-electron chi connectivity index (χ2n) is 3.96. The molecular weight excluding hydrogens is 148 g/mol. The first-order chi connectivity index (χ1) is 5.66. The van der Waals surface area contributed by atoms with Crippen LogP contribution in [0, 0.1) is 5.92 Å². The van der Waals surface area contributed by atoms with Crippen LogP contribution in [0.2, 0.25) is 0 Å². The van der Waals surface area contributed by atoms with E-state index in [1.54, 1.807) is 0 Å². The molecule has 0 fully saturated rings. The maximum Gasteiger partial charge on any atom is -0.00248 e. The van der Waals surface area contributed by atoms with Crippen LogP contribution in [0.1, 0.15) is 26.2 Å². The zero-order valence-electron chi connectivity index (χ0n) is 9.06. The summed E-state index contributed by atoms with van der Waals surface area (Å²) in [5.41, 5.74) is 0. The first kappa shape index (κ1) is 11.9. The third kappa shape index (κ3) is 8.02. The van der Waals surface area contributed by atoms with Crippen molar-refractivity contribution in [2.24, 2.45) is 5.92 Å². The molecule has 12 heavy (non-hydrogen) atoms. The third-order valence-electron chi connectivity index (χ3n) is 2.10. The van der Waals surface area contributed by atoms with E-state index in [1.165, 1.54) is 25.8 Å². The molecule has 0 saturated carbocycles. The van der Waals surface area contributed by atoms with Gasteiger partial charge in [-0.2, -0.15) is 0 Å². The highest BCUT2D eigenvalue weighted by Gasteiger charge is 1.99. The lowest BCUT2D eigenvalue weighted by Crippen LogP contribution is -2.17. The van der Waals surface area contributed by atoms with Crippen molar-refractivity contribution in [3.8, 4) is 0 Å². The van der Waals surface area contributed by atoms with Crippen molar-refractivity contribution in [3.05, 3.63) is 0 Å². The van der Waals surface area contributed by atoms with E-state index in [1.807, 2.05) is 7.05 Å². The minimum absolute atomic E-state index is 0.831. The molecule has 74 valence electrons. The number of hydrogen-bond donors (Lipinski definition) is 1. The molecule has 0 amide bonds. The molecule has 0 aliphatic rings. The predicted molar refractivity (Wildman–Crippen MR) is 55.5 cm³/mol. The fourth-order valence-electron chi connectivity index (χ4n) is 1.37. The molecule has 0 aromatic carbocycles. The topological polar surface area (TPSA) is 15.3 Å². The summed E-state index contributed by atoms with van der Waals surface area (Å²) in [6, 6.07) is 0. The minimum atomic E-state index is 0.831. The van der Waals surface area contributed by atoms with Crippen molar-refractivity contribution in [1.29, 1.82) is 0 Å². The molecule has 0 aliphatic heterocycles. The van der Waals surface area contributed by atoms with Gasteiger partial charge in [-0.05, 0) is 53.0 Å². The van der Waals surface area contributed by atoms with Crippen LogP contribution in [-0.2, 0) is 0 Å². The molecule has 2 heteroatoms. The Morgan fingerprint density at radius 3 is 2.42 bits per heavy atom. The molecule has 0 heterocycles. The zero-order chi connectivity index (χ0) is 9.40. The van der Waals surface area contributed by atoms with Crippen molar-refractivity contribution in [2.45, 2.75) is 26.2 Å². The van der Waals surface area contributed by atoms with E-state index < -0.39 is 0 Å². The molecule has 1 atom stereocenters. The van der Waals surface area contributed by atoms with Gasteiger partial charge in [0, 0.05) is 0 Å². The van der Waals surface area contributed by atoms with Crippen molar-refractivity contribution < 1.29 is 0 Å². The molecule has 0 aromatic heterocycles. The minimum Gasteiger partial charge on any atom is -0.319 e. The lowest BCUT2D eigenvalue weighted by molar-refractivity contribution is 0.378. The first-order valence-corrected chi connectivity index (χ1v) is 4.96. The quantitative estimate of drug-likeness (QED) is 0.586. The van der Waals surface area contributed by atoms with Gasteiger partial charge in [0.15, 0.2) is 0 Å². The summed E-state index contributed by atoms with van der Waals surface area (Å²) in [6.07, 6.45) is 4.05. The Balaban J connectivity index is 3.08. The van der Waals surface area contributed by atoms with Crippen LogP contribution in [0.25, 0.3) is 0 Å². The summed E-state index contributed by atoms with van der Waals surface area (Å²) in [6.45, 7) is 4.69. The van der Waals surface area contributed by atoms with E-state index in [-0.39, 0.29) is 0 Å². The predicted octanol–water partition coefficient (Wildman–Crippen LogP) is 1.57. The molecule has 0 rings (SSSR count). The fraction of sp³-hybridized carbons (Fsp3) is 1.00. The standard InChI is InChI=1S/C10H24N2/c1-10(9-11-2)7-5-6-8-12(3)4/h10-11H,5-9H2,1-4H3. The normalized spacial score (nSPS) is 13.8. The summed E-state index contributed by atoms with van der Waals surface area (Å²) in [5.74, 6) is 0.831. The SMILES string of the molecule is CNCC(C)CCCCN(C)C. The lowest BCUT2D eigenvalue weighted by Gasteiger charge is -2.12. The molecule has 0 spiro atoms. The van der Waals surface area contributed by atoms with Gasteiger partial charge in [-0.1, -0.05) is 13.3 Å². The van der Waals surface area contributed by atoms with Gasteiger partial charge in [-0.25, -0.2) is 0 Å². The smallest absolute Gasteiger partial charge is 0.00248 e. The molecule has 1 N–H and O–H groups in total. The Hall–Kier alpha value is -0.0800. The Bertz CT molecular complexity index is 91.8. The lowest BCUT2D eigenvalue weighted by atomic mass is 10.0. The van der Waals surface area contributed by atoms with Crippen LogP contribution in [0.15, 0.2) is 0 Å². The molecule has 2 nitrogen and oxygen atoms in total. The summed E-state index contributed by atoms with van der Waals surface area (Å²) >= 11 is 0. The largest absolute Gasteiger partial charge is 0.319 e. The van der Waals surface area contributed by atoms with Crippen LogP contribution in [0.5, 0.6) is 0 Å². The highest BCUT2D eigenvalue weighted by atomic mass is 15.0. The summed E-state index contributed by atoms with van der Waals surface area (Å²) in [7, 11) is 6.30. The monoisotopic (exact) mass is 172 g/mol. The van der Waals surface area contributed by atoms with Gasteiger partial charge in [0.05, 0.1) is 0 Å². The summed E-state index contributed by atoms with van der Waals surface area (Å²) < 4.78 is 0. The van der Waals surface area contributed by atoms with Gasteiger partial charge in [-0.15, -0.1) is 0 Å². The maximum atomic E-state index is 3.21. The molecule has 0 radical (unpaired) electrons. The van der Waals surface area contributed by atoms with Gasteiger partial charge >= 0.3 is 0 Å². The average Bonchev–Trinajstić information content (AvgIpc) is 1.98. The van der Waals surface area contributed by atoms with Crippen LogP contribution >= 0.6 is 0 Å². The number of hydrogen-bond acceptors (Lipinski definition) is 2. The molecule has 0 saturated heterocycles. The average molecular weight is 172 g/mol. The molecule has 0 aromatic rings. The van der Waals surface area contributed by atoms with Crippen LogP contribution < -0.4 is 5.32 Å². The summed E-state index contributed by atoms with van der Waals surface area (Å²) in [5, 5.41) is 3.21. The van der Waals surface area contributed by atoms with Crippen molar-refractivity contribution in [3.63, 3.8) is 0 Å². The Kier molecular flexibility index (Phi) is 7.51. The number of rotatable bonds is 7. The fourth-order valence-corrected chi connectivity index (χ4v) is 1.37. The Morgan fingerprint density at radius 1 is 1.25 bits per heavy atom.